The molecule has 2 aromatic heterocycles. The minimum atomic E-state index is -0.338. The SMILES string of the molecule is CCN(CC(=O)NCc1ccc(F)cc1)C(=O)c1cc(-c2ccccc2)nc2onc(C)c12. The Labute approximate surface area is 190 Å². The van der Waals surface area contributed by atoms with Gasteiger partial charge in [-0.05, 0) is 37.6 Å². The predicted molar refractivity (Wildman–Crippen MR) is 122 cm³/mol. The van der Waals surface area contributed by atoms with E-state index >= 15 is 0 Å². The number of carbonyl (C=O) groups is 2. The van der Waals surface area contributed by atoms with Crippen molar-refractivity contribution in [3.05, 3.63) is 83.3 Å². The molecule has 2 aromatic carbocycles. The smallest absolute Gasteiger partial charge is 0.259 e. The predicted octanol–water partition coefficient (Wildman–Crippen LogP) is 4.12. The Morgan fingerprint density at radius 3 is 2.52 bits per heavy atom. The van der Waals surface area contributed by atoms with E-state index in [1.165, 1.54) is 17.0 Å². The second-order valence-corrected chi connectivity index (χ2v) is 7.59. The number of hydrogen-bond acceptors (Lipinski definition) is 5. The Balaban J connectivity index is 1.57. The fourth-order valence-corrected chi connectivity index (χ4v) is 3.55. The van der Waals surface area contributed by atoms with Gasteiger partial charge in [-0.25, -0.2) is 9.37 Å². The summed E-state index contributed by atoms with van der Waals surface area (Å²) in [7, 11) is 0. The zero-order valence-corrected chi connectivity index (χ0v) is 18.3. The number of hydrogen-bond donors (Lipinski definition) is 1. The van der Waals surface area contributed by atoms with Crippen LogP contribution >= 0.6 is 0 Å². The quantitative estimate of drug-likeness (QED) is 0.461. The van der Waals surface area contributed by atoms with E-state index in [-0.39, 0.29) is 36.4 Å². The highest BCUT2D eigenvalue weighted by Gasteiger charge is 2.24. The normalized spacial score (nSPS) is 10.9. The van der Waals surface area contributed by atoms with Crippen molar-refractivity contribution >= 4 is 22.9 Å². The number of carbonyl (C=O) groups excluding carboxylic acids is 2. The lowest BCUT2D eigenvalue weighted by atomic mass is 10.0. The summed E-state index contributed by atoms with van der Waals surface area (Å²) < 4.78 is 18.4. The zero-order chi connectivity index (χ0) is 23.4. The molecule has 0 spiro atoms. The van der Waals surface area contributed by atoms with Gasteiger partial charge >= 0.3 is 0 Å². The molecule has 1 N–H and O–H groups in total. The van der Waals surface area contributed by atoms with Gasteiger partial charge < -0.3 is 14.7 Å². The lowest BCUT2D eigenvalue weighted by molar-refractivity contribution is -0.121. The Morgan fingerprint density at radius 2 is 1.82 bits per heavy atom. The average molecular weight is 446 g/mol. The Kier molecular flexibility index (Phi) is 6.44. The number of nitrogens with one attached hydrogen (secondary N) is 1. The fourth-order valence-electron chi connectivity index (χ4n) is 3.55. The van der Waals surface area contributed by atoms with E-state index in [4.69, 9.17) is 4.52 Å². The largest absolute Gasteiger partial charge is 0.350 e. The van der Waals surface area contributed by atoms with Crippen LogP contribution in [-0.4, -0.2) is 39.9 Å². The van der Waals surface area contributed by atoms with Crippen molar-refractivity contribution in [2.24, 2.45) is 0 Å². The van der Waals surface area contributed by atoms with Gasteiger partial charge in [-0.3, -0.25) is 9.59 Å². The van der Waals surface area contributed by atoms with E-state index in [1.54, 1.807) is 25.1 Å². The van der Waals surface area contributed by atoms with Crippen molar-refractivity contribution < 1.29 is 18.5 Å². The van der Waals surface area contributed by atoms with E-state index < -0.39 is 0 Å². The first-order valence-electron chi connectivity index (χ1n) is 10.6. The maximum Gasteiger partial charge on any atom is 0.259 e. The van der Waals surface area contributed by atoms with Gasteiger partial charge in [0.25, 0.3) is 11.6 Å². The van der Waals surface area contributed by atoms with Gasteiger partial charge in [-0.2, -0.15) is 0 Å². The third kappa shape index (κ3) is 4.90. The molecule has 4 rings (SSSR count). The van der Waals surface area contributed by atoms with Crippen LogP contribution in [-0.2, 0) is 11.3 Å². The minimum absolute atomic E-state index is 0.120. The molecule has 2 amide bonds. The molecule has 0 aliphatic heterocycles. The lowest BCUT2D eigenvalue weighted by Crippen LogP contribution is -2.40. The van der Waals surface area contributed by atoms with E-state index in [0.29, 0.717) is 28.9 Å². The van der Waals surface area contributed by atoms with Crippen LogP contribution in [0.25, 0.3) is 22.4 Å². The summed E-state index contributed by atoms with van der Waals surface area (Å²) in [6, 6.07) is 17.1. The van der Waals surface area contributed by atoms with Crippen molar-refractivity contribution in [1.82, 2.24) is 20.4 Å². The van der Waals surface area contributed by atoms with Crippen LogP contribution in [0, 0.1) is 12.7 Å². The number of fused-ring (bicyclic) bond motifs is 1. The number of amides is 2. The van der Waals surface area contributed by atoms with E-state index in [0.717, 1.165) is 11.1 Å². The molecule has 0 saturated heterocycles. The Morgan fingerprint density at radius 1 is 1.09 bits per heavy atom. The van der Waals surface area contributed by atoms with Crippen LogP contribution in [0.2, 0.25) is 0 Å². The topological polar surface area (TPSA) is 88.3 Å². The maximum atomic E-state index is 13.5. The number of likely N-dealkylation sites (N-methyl/N-ethyl adjacent to an activating group) is 1. The van der Waals surface area contributed by atoms with Crippen LogP contribution < -0.4 is 5.32 Å². The summed E-state index contributed by atoms with van der Waals surface area (Å²) in [6.45, 7) is 4.01. The molecule has 0 fully saturated rings. The summed E-state index contributed by atoms with van der Waals surface area (Å²) in [5.74, 6) is -0.967. The first kappa shape index (κ1) is 22.1. The standard InChI is InChI=1S/C25H23FN4O3/c1-3-30(15-22(31)27-14-17-9-11-19(26)12-10-17)25(32)20-13-21(18-7-5-4-6-8-18)28-24-23(20)16(2)29-33-24/h4-13H,3,14-15H2,1-2H3,(H,27,31). The Hall–Kier alpha value is -4.07. The van der Waals surface area contributed by atoms with Gasteiger partial charge in [-0.15, -0.1) is 0 Å². The summed E-state index contributed by atoms with van der Waals surface area (Å²) in [6.07, 6.45) is 0. The van der Waals surface area contributed by atoms with Crippen LogP contribution in [0.4, 0.5) is 4.39 Å². The molecule has 33 heavy (non-hydrogen) atoms. The molecule has 168 valence electrons. The van der Waals surface area contributed by atoms with Gasteiger partial charge in [-0.1, -0.05) is 47.6 Å². The van der Waals surface area contributed by atoms with Gasteiger partial charge in [0.15, 0.2) is 0 Å². The van der Waals surface area contributed by atoms with Crippen LogP contribution in [0.1, 0.15) is 28.5 Å². The highest BCUT2D eigenvalue weighted by molar-refractivity contribution is 6.07. The molecule has 2 heterocycles. The summed E-state index contributed by atoms with van der Waals surface area (Å²) >= 11 is 0. The van der Waals surface area contributed by atoms with Crippen molar-refractivity contribution in [1.29, 1.82) is 0 Å². The molecule has 0 unspecified atom stereocenters. The second-order valence-electron chi connectivity index (χ2n) is 7.59. The van der Waals surface area contributed by atoms with Crippen molar-refractivity contribution in [3.63, 3.8) is 0 Å². The maximum absolute atomic E-state index is 13.5. The summed E-state index contributed by atoms with van der Waals surface area (Å²) in [4.78, 5) is 32.0. The molecule has 0 aliphatic carbocycles. The molecule has 0 saturated carbocycles. The minimum Gasteiger partial charge on any atom is -0.350 e. The van der Waals surface area contributed by atoms with E-state index in [9.17, 15) is 14.0 Å². The zero-order valence-electron chi connectivity index (χ0n) is 18.3. The third-order valence-electron chi connectivity index (χ3n) is 5.32. The van der Waals surface area contributed by atoms with Gasteiger partial charge in [0.2, 0.25) is 5.91 Å². The molecule has 0 aliphatic rings. The first-order valence-corrected chi connectivity index (χ1v) is 10.6. The molecule has 0 bridgehead atoms. The highest BCUT2D eigenvalue weighted by atomic mass is 19.1. The van der Waals surface area contributed by atoms with Gasteiger partial charge in [0.1, 0.15) is 5.82 Å². The number of halogens is 1. The van der Waals surface area contributed by atoms with Crippen LogP contribution in [0.3, 0.4) is 0 Å². The third-order valence-corrected chi connectivity index (χ3v) is 5.32. The number of aryl methyl sites for hydroxylation is 1. The van der Waals surface area contributed by atoms with Crippen LogP contribution in [0.5, 0.6) is 0 Å². The lowest BCUT2D eigenvalue weighted by Gasteiger charge is -2.21. The number of pyridine rings is 1. The molecule has 4 aromatic rings. The number of benzene rings is 2. The molecular formula is C25H23FN4O3. The summed E-state index contributed by atoms with van der Waals surface area (Å²) in [5, 5.41) is 7.28. The number of aromatic nitrogens is 2. The number of rotatable bonds is 7. The van der Waals surface area contributed by atoms with Crippen molar-refractivity contribution in [3.8, 4) is 11.3 Å². The Bertz CT molecular complexity index is 1290. The van der Waals surface area contributed by atoms with E-state index in [1.807, 2.05) is 37.3 Å². The first-order chi connectivity index (χ1) is 16.0. The monoisotopic (exact) mass is 446 g/mol. The highest BCUT2D eigenvalue weighted by Crippen LogP contribution is 2.27. The summed E-state index contributed by atoms with van der Waals surface area (Å²) in [5.41, 5.74) is 3.39. The molecule has 8 heteroatoms. The molecule has 0 atom stereocenters. The van der Waals surface area contributed by atoms with Crippen LogP contribution in [0.15, 0.2) is 65.2 Å². The van der Waals surface area contributed by atoms with Crippen molar-refractivity contribution in [2.75, 3.05) is 13.1 Å². The van der Waals surface area contributed by atoms with Gasteiger partial charge in [0.05, 0.1) is 28.9 Å². The van der Waals surface area contributed by atoms with Crippen molar-refractivity contribution in [2.45, 2.75) is 20.4 Å². The molecular weight excluding hydrogens is 423 g/mol. The number of nitrogens with zero attached hydrogens (tertiary/aromatic N) is 3. The molecule has 0 radical (unpaired) electrons. The second kappa shape index (κ2) is 9.60. The fraction of sp³-hybridized carbons (Fsp3) is 0.200. The van der Waals surface area contributed by atoms with Gasteiger partial charge in [0, 0.05) is 18.7 Å². The van der Waals surface area contributed by atoms with E-state index in [2.05, 4.69) is 15.5 Å². The average Bonchev–Trinajstić information content (AvgIpc) is 3.22. The molecule has 7 nitrogen and oxygen atoms in total.